The molecule has 0 atom stereocenters. The Kier molecular flexibility index (Phi) is 5.70. The molecule has 0 radical (unpaired) electrons. The summed E-state index contributed by atoms with van der Waals surface area (Å²) in [5, 5.41) is 6.99. The summed E-state index contributed by atoms with van der Waals surface area (Å²) in [5.41, 5.74) is 3.38. The van der Waals surface area contributed by atoms with Gasteiger partial charge in [-0.3, -0.25) is 0 Å². The van der Waals surface area contributed by atoms with E-state index in [1.54, 1.807) is 0 Å². The van der Waals surface area contributed by atoms with E-state index in [2.05, 4.69) is 16.7 Å². The molecule has 0 saturated heterocycles. The fourth-order valence-corrected chi connectivity index (χ4v) is 2.97. The van der Waals surface area contributed by atoms with Crippen LogP contribution < -0.4 is 10.6 Å². The van der Waals surface area contributed by atoms with Crippen molar-refractivity contribution in [2.24, 2.45) is 0 Å². The molecule has 4 nitrogen and oxygen atoms in total. The smallest absolute Gasteiger partial charge is 0.407 e. The lowest BCUT2D eigenvalue weighted by atomic mass is 9.95. The van der Waals surface area contributed by atoms with Crippen LogP contribution in [0.2, 0.25) is 5.02 Å². The van der Waals surface area contributed by atoms with Crippen molar-refractivity contribution in [1.29, 1.82) is 0 Å². The van der Waals surface area contributed by atoms with E-state index in [0.29, 0.717) is 6.54 Å². The second-order valence-electron chi connectivity index (χ2n) is 6.59. The second-order valence-corrected chi connectivity index (χ2v) is 7.00. The Hall–Kier alpha value is -1.26. The maximum absolute atomic E-state index is 11.7. The number of alkyl carbamates (subject to hydrolysis) is 1. The number of fused-ring (bicyclic) bond motifs is 1. The van der Waals surface area contributed by atoms with Gasteiger partial charge in [-0.15, -0.1) is 0 Å². The number of benzene rings is 1. The lowest BCUT2D eigenvalue weighted by Gasteiger charge is -2.20. The molecule has 5 heteroatoms. The van der Waals surface area contributed by atoms with E-state index in [9.17, 15) is 4.79 Å². The summed E-state index contributed by atoms with van der Waals surface area (Å²) in [4.78, 5) is 11.7. The maximum Gasteiger partial charge on any atom is 0.407 e. The molecule has 1 aromatic rings. The van der Waals surface area contributed by atoms with Gasteiger partial charge in [0.15, 0.2) is 0 Å². The van der Waals surface area contributed by atoms with Crippen molar-refractivity contribution in [3.8, 4) is 0 Å². The van der Waals surface area contributed by atoms with Gasteiger partial charge in [-0.2, -0.15) is 0 Å². The van der Waals surface area contributed by atoms with Gasteiger partial charge < -0.3 is 15.4 Å². The fourth-order valence-electron chi connectivity index (χ4n) is 2.69. The van der Waals surface area contributed by atoms with Crippen molar-refractivity contribution in [2.45, 2.75) is 45.6 Å². The summed E-state index contributed by atoms with van der Waals surface area (Å²) >= 11 is 6.37. The summed E-state index contributed by atoms with van der Waals surface area (Å²) in [5.74, 6) is 0. The molecule has 2 N–H and O–H groups in total. The van der Waals surface area contributed by atoms with Gasteiger partial charge >= 0.3 is 6.09 Å². The van der Waals surface area contributed by atoms with Gasteiger partial charge in [0.1, 0.15) is 5.60 Å². The average Bonchev–Trinajstić information content (AvgIpc) is 2.64. The highest BCUT2D eigenvalue weighted by molar-refractivity contribution is 6.31. The molecule has 1 heterocycles. The highest BCUT2D eigenvalue weighted by Gasteiger charge is 2.17. The first-order valence-corrected chi connectivity index (χ1v) is 8.21. The van der Waals surface area contributed by atoms with Crippen LogP contribution in [-0.4, -0.2) is 31.3 Å². The molecule has 0 aliphatic carbocycles. The number of amides is 1. The largest absolute Gasteiger partial charge is 0.444 e. The first-order valence-electron chi connectivity index (χ1n) is 7.83. The monoisotopic (exact) mass is 324 g/mol. The Labute approximate surface area is 137 Å². The van der Waals surface area contributed by atoms with Gasteiger partial charge in [0.2, 0.25) is 0 Å². The minimum Gasteiger partial charge on any atom is -0.444 e. The van der Waals surface area contributed by atoms with Gasteiger partial charge in [-0.25, -0.2) is 4.79 Å². The van der Waals surface area contributed by atoms with Crippen LogP contribution in [0.3, 0.4) is 0 Å². The van der Waals surface area contributed by atoms with Crippen molar-refractivity contribution < 1.29 is 9.53 Å². The highest BCUT2D eigenvalue weighted by Crippen LogP contribution is 2.26. The van der Waals surface area contributed by atoms with Crippen molar-refractivity contribution >= 4 is 17.7 Å². The van der Waals surface area contributed by atoms with E-state index in [0.717, 1.165) is 42.9 Å². The molecule has 1 amide bonds. The van der Waals surface area contributed by atoms with Crippen molar-refractivity contribution in [1.82, 2.24) is 10.6 Å². The van der Waals surface area contributed by atoms with Crippen molar-refractivity contribution in [3.63, 3.8) is 0 Å². The van der Waals surface area contributed by atoms with Gasteiger partial charge in [-0.05, 0) is 75.9 Å². The van der Waals surface area contributed by atoms with Crippen molar-refractivity contribution in [3.05, 3.63) is 33.8 Å². The van der Waals surface area contributed by atoms with Crippen LogP contribution in [0.15, 0.2) is 12.1 Å². The summed E-state index contributed by atoms with van der Waals surface area (Å²) in [6.45, 7) is 8.07. The van der Waals surface area contributed by atoms with Gasteiger partial charge in [0.25, 0.3) is 0 Å². The number of carbonyl (C=O) groups is 1. The SMILES string of the molecule is CC(C)(C)OC(=O)NCCc1c(Cl)ccc2c1CCNCC2. The Morgan fingerprint density at radius 1 is 1.32 bits per heavy atom. The van der Waals surface area contributed by atoms with Crippen LogP contribution in [0.5, 0.6) is 0 Å². The quantitative estimate of drug-likeness (QED) is 0.898. The van der Waals surface area contributed by atoms with Crippen LogP contribution >= 0.6 is 11.6 Å². The van der Waals surface area contributed by atoms with Gasteiger partial charge in [0.05, 0.1) is 0 Å². The molecule has 0 saturated carbocycles. The molecule has 2 rings (SSSR count). The summed E-state index contributed by atoms with van der Waals surface area (Å²) in [7, 11) is 0. The number of ether oxygens (including phenoxy) is 1. The van der Waals surface area contributed by atoms with Crippen LogP contribution in [-0.2, 0) is 24.0 Å². The molecule has 1 aliphatic rings. The summed E-state index contributed by atoms with van der Waals surface area (Å²) in [6.07, 6.45) is 2.35. The number of nitrogens with one attached hydrogen (secondary N) is 2. The maximum atomic E-state index is 11.7. The van der Waals surface area contributed by atoms with Crippen LogP contribution in [0, 0.1) is 0 Å². The lowest BCUT2D eigenvalue weighted by molar-refractivity contribution is 0.0528. The average molecular weight is 325 g/mol. The normalized spacial score (nSPS) is 14.9. The van der Waals surface area contributed by atoms with E-state index >= 15 is 0 Å². The molecule has 0 spiro atoms. The van der Waals surface area contributed by atoms with Crippen LogP contribution in [0.1, 0.15) is 37.5 Å². The molecule has 0 aromatic heterocycles. The Morgan fingerprint density at radius 3 is 2.77 bits per heavy atom. The number of hydrogen-bond acceptors (Lipinski definition) is 3. The zero-order valence-corrected chi connectivity index (χ0v) is 14.3. The Morgan fingerprint density at radius 2 is 2.05 bits per heavy atom. The molecular formula is C17H25ClN2O2. The number of halogens is 1. The van der Waals surface area contributed by atoms with Crippen LogP contribution in [0.4, 0.5) is 4.79 Å². The molecule has 1 aliphatic heterocycles. The Balaban J connectivity index is 1.99. The summed E-state index contributed by atoms with van der Waals surface area (Å²) in [6, 6.07) is 4.09. The molecule has 0 unspecified atom stereocenters. The Bertz CT molecular complexity index is 538. The second kappa shape index (κ2) is 7.34. The molecule has 0 fully saturated rings. The molecule has 122 valence electrons. The number of carbonyl (C=O) groups excluding carboxylic acids is 1. The standard InChI is InChI=1S/C17H25ClN2O2/c1-17(2,3)22-16(21)20-11-8-14-13-7-10-19-9-6-12(13)4-5-15(14)18/h4-5,19H,6-11H2,1-3H3,(H,20,21). The zero-order chi connectivity index (χ0) is 16.2. The van der Waals surface area contributed by atoms with Gasteiger partial charge in [-0.1, -0.05) is 17.7 Å². The highest BCUT2D eigenvalue weighted by atomic mass is 35.5. The topological polar surface area (TPSA) is 50.4 Å². The third kappa shape index (κ3) is 4.89. The van der Waals surface area contributed by atoms with E-state index in [1.807, 2.05) is 26.8 Å². The van der Waals surface area contributed by atoms with E-state index in [1.165, 1.54) is 11.1 Å². The molecule has 1 aromatic carbocycles. The zero-order valence-electron chi connectivity index (χ0n) is 13.6. The first kappa shape index (κ1) is 17.1. The van der Waals surface area contributed by atoms with Crippen molar-refractivity contribution in [2.75, 3.05) is 19.6 Å². The van der Waals surface area contributed by atoms with E-state index in [4.69, 9.17) is 16.3 Å². The fraction of sp³-hybridized carbons (Fsp3) is 0.588. The first-order chi connectivity index (χ1) is 10.4. The predicted octanol–water partition coefficient (Wildman–Crippen LogP) is 3.10. The number of rotatable bonds is 3. The molecule has 22 heavy (non-hydrogen) atoms. The van der Waals surface area contributed by atoms with Crippen LogP contribution in [0.25, 0.3) is 0 Å². The third-order valence-electron chi connectivity index (χ3n) is 3.64. The minimum absolute atomic E-state index is 0.382. The third-order valence-corrected chi connectivity index (χ3v) is 3.99. The predicted molar refractivity (Wildman–Crippen MR) is 89.7 cm³/mol. The van der Waals surface area contributed by atoms with Gasteiger partial charge in [0, 0.05) is 11.6 Å². The van der Waals surface area contributed by atoms with E-state index in [-0.39, 0.29) is 6.09 Å². The van der Waals surface area contributed by atoms with E-state index < -0.39 is 5.60 Å². The number of hydrogen-bond donors (Lipinski definition) is 2. The molecular weight excluding hydrogens is 300 g/mol. The lowest BCUT2D eigenvalue weighted by Crippen LogP contribution is -2.33. The summed E-state index contributed by atoms with van der Waals surface area (Å²) < 4.78 is 5.25. The molecule has 0 bridgehead atoms. The minimum atomic E-state index is -0.475.